The standard InChI is InChI=1S/C15H15F3N2O2/c1-15(2,13(17)18)14(21)20-12(3-4-22-20)10-5-9(8-19)6-11(16)7-10/h5-7,12-13H,3-4H2,1-2H3/t12-/m0/s1. The highest BCUT2D eigenvalue weighted by Gasteiger charge is 2.45. The van der Waals surface area contributed by atoms with Crippen molar-refractivity contribution < 1.29 is 22.8 Å². The van der Waals surface area contributed by atoms with Crippen LogP contribution in [0.4, 0.5) is 13.2 Å². The Hall–Kier alpha value is -2.07. The van der Waals surface area contributed by atoms with Gasteiger partial charge in [-0.1, -0.05) is 0 Å². The van der Waals surface area contributed by atoms with Gasteiger partial charge in [0.1, 0.15) is 11.2 Å². The van der Waals surface area contributed by atoms with Crippen LogP contribution < -0.4 is 0 Å². The van der Waals surface area contributed by atoms with Crippen LogP contribution in [0.2, 0.25) is 0 Å². The first-order valence-electron chi connectivity index (χ1n) is 6.72. The van der Waals surface area contributed by atoms with E-state index >= 15 is 0 Å². The Bertz CT molecular complexity index is 626. The summed E-state index contributed by atoms with van der Waals surface area (Å²) in [5.41, 5.74) is -1.46. The van der Waals surface area contributed by atoms with E-state index in [0.29, 0.717) is 12.0 Å². The average Bonchev–Trinajstić information content (AvgIpc) is 2.94. The Balaban J connectivity index is 2.34. The number of carbonyl (C=O) groups is 1. The molecule has 22 heavy (non-hydrogen) atoms. The van der Waals surface area contributed by atoms with Gasteiger partial charge < -0.3 is 0 Å². The number of amides is 1. The molecule has 1 aromatic rings. The van der Waals surface area contributed by atoms with Crippen LogP contribution in [-0.4, -0.2) is 24.0 Å². The lowest BCUT2D eigenvalue weighted by atomic mass is 9.91. The number of nitrogens with zero attached hydrogens (tertiary/aromatic N) is 2. The average molecular weight is 312 g/mol. The van der Waals surface area contributed by atoms with Crippen molar-refractivity contribution in [3.63, 3.8) is 0 Å². The Morgan fingerprint density at radius 1 is 1.45 bits per heavy atom. The molecule has 4 nitrogen and oxygen atoms in total. The van der Waals surface area contributed by atoms with Gasteiger partial charge in [0, 0.05) is 6.42 Å². The van der Waals surface area contributed by atoms with Gasteiger partial charge in [0.05, 0.1) is 24.3 Å². The highest BCUT2D eigenvalue weighted by atomic mass is 19.3. The smallest absolute Gasteiger partial charge is 0.258 e. The van der Waals surface area contributed by atoms with Gasteiger partial charge in [-0.15, -0.1) is 0 Å². The molecule has 118 valence electrons. The van der Waals surface area contributed by atoms with Crippen LogP contribution in [0.1, 0.15) is 37.4 Å². The van der Waals surface area contributed by atoms with Gasteiger partial charge in [-0.2, -0.15) is 5.26 Å². The number of hydroxylamine groups is 2. The van der Waals surface area contributed by atoms with E-state index in [1.54, 1.807) is 0 Å². The molecule has 7 heteroatoms. The number of rotatable bonds is 3. The Morgan fingerprint density at radius 2 is 2.14 bits per heavy atom. The number of halogens is 3. The van der Waals surface area contributed by atoms with E-state index in [2.05, 4.69) is 0 Å². The van der Waals surface area contributed by atoms with E-state index in [9.17, 15) is 18.0 Å². The summed E-state index contributed by atoms with van der Waals surface area (Å²) in [5.74, 6) is -1.49. The molecule has 1 aromatic carbocycles. The van der Waals surface area contributed by atoms with Crippen molar-refractivity contribution in [3.8, 4) is 6.07 Å². The van der Waals surface area contributed by atoms with Crippen molar-refractivity contribution in [2.45, 2.75) is 32.7 Å². The molecule has 1 heterocycles. The predicted molar refractivity (Wildman–Crippen MR) is 71.1 cm³/mol. The van der Waals surface area contributed by atoms with Crippen LogP contribution in [0.3, 0.4) is 0 Å². The van der Waals surface area contributed by atoms with Gasteiger partial charge in [0.2, 0.25) is 0 Å². The molecule has 0 spiro atoms. The molecule has 1 fully saturated rings. The van der Waals surface area contributed by atoms with E-state index in [4.69, 9.17) is 10.1 Å². The topological polar surface area (TPSA) is 53.3 Å². The van der Waals surface area contributed by atoms with Crippen LogP contribution in [0.5, 0.6) is 0 Å². The van der Waals surface area contributed by atoms with E-state index in [0.717, 1.165) is 25.0 Å². The molecular weight excluding hydrogens is 297 g/mol. The van der Waals surface area contributed by atoms with Gasteiger partial charge in [-0.05, 0) is 37.6 Å². The maximum Gasteiger partial charge on any atom is 0.258 e. The quantitative estimate of drug-likeness (QED) is 0.861. The zero-order valence-corrected chi connectivity index (χ0v) is 12.1. The maximum atomic E-state index is 13.5. The lowest BCUT2D eigenvalue weighted by Crippen LogP contribution is -2.43. The SMILES string of the molecule is CC(C)(C(=O)N1OCC[C@H]1c1cc(F)cc(C#N)c1)C(F)F. The van der Waals surface area contributed by atoms with E-state index in [1.807, 2.05) is 6.07 Å². The summed E-state index contributed by atoms with van der Waals surface area (Å²) in [6.07, 6.45) is -2.51. The molecule has 0 bridgehead atoms. The summed E-state index contributed by atoms with van der Waals surface area (Å²) in [5, 5.41) is 9.76. The highest BCUT2D eigenvalue weighted by Crippen LogP contribution is 2.37. The second-order valence-electron chi connectivity index (χ2n) is 5.68. The number of alkyl halides is 2. The Morgan fingerprint density at radius 3 is 2.73 bits per heavy atom. The second-order valence-corrected chi connectivity index (χ2v) is 5.68. The van der Waals surface area contributed by atoms with Crippen LogP contribution in [0.25, 0.3) is 0 Å². The molecule has 0 N–H and O–H groups in total. The number of hydrogen-bond donors (Lipinski definition) is 0. The second kappa shape index (κ2) is 5.97. The van der Waals surface area contributed by atoms with Crippen molar-refractivity contribution >= 4 is 5.91 Å². The summed E-state index contributed by atoms with van der Waals surface area (Å²) in [6, 6.07) is 4.80. The summed E-state index contributed by atoms with van der Waals surface area (Å²) in [4.78, 5) is 17.5. The van der Waals surface area contributed by atoms with Crippen LogP contribution in [0, 0.1) is 22.6 Å². The molecule has 1 amide bonds. The first kappa shape index (κ1) is 16.3. The van der Waals surface area contributed by atoms with Crippen LogP contribution >= 0.6 is 0 Å². The van der Waals surface area contributed by atoms with Crippen molar-refractivity contribution in [1.82, 2.24) is 5.06 Å². The van der Waals surface area contributed by atoms with Crippen molar-refractivity contribution in [1.29, 1.82) is 5.26 Å². The van der Waals surface area contributed by atoms with E-state index in [1.165, 1.54) is 12.1 Å². The molecule has 0 saturated carbocycles. The number of hydrogen-bond acceptors (Lipinski definition) is 3. The molecule has 1 saturated heterocycles. The van der Waals surface area contributed by atoms with Crippen molar-refractivity contribution in [2.24, 2.45) is 5.41 Å². The van der Waals surface area contributed by atoms with Crippen LogP contribution in [0.15, 0.2) is 18.2 Å². The molecular formula is C15H15F3N2O2. The molecule has 2 rings (SSSR count). The third kappa shape index (κ3) is 2.92. The minimum atomic E-state index is -2.85. The number of carbonyl (C=O) groups excluding carboxylic acids is 1. The summed E-state index contributed by atoms with van der Waals surface area (Å²) in [6.45, 7) is 2.42. The summed E-state index contributed by atoms with van der Waals surface area (Å²) < 4.78 is 39.6. The van der Waals surface area contributed by atoms with Gasteiger partial charge in [-0.25, -0.2) is 18.2 Å². The fraction of sp³-hybridized carbons (Fsp3) is 0.467. The van der Waals surface area contributed by atoms with Crippen LogP contribution in [-0.2, 0) is 9.63 Å². The fourth-order valence-electron chi connectivity index (χ4n) is 2.22. The maximum absolute atomic E-state index is 13.5. The molecule has 0 radical (unpaired) electrons. The highest BCUT2D eigenvalue weighted by molar-refractivity contribution is 5.82. The number of nitriles is 1. The molecule has 1 aliphatic heterocycles. The molecule has 1 atom stereocenters. The third-order valence-electron chi connectivity index (χ3n) is 3.64. The lowest BCUT2D eigenvalue weighted by Gasteiger charge is -2.31. The summed E-state index contributed by atoms with van der Waals surface area (Å²) >= 11 is 0. The molecule has 1 aliphatic rings. The molecule has 0 aromatic heterocycles. The van der Waals surface area contributed by atoms with Gasteiger partial charge in [-0.3, -0.25) is 9.63 Å². The van der Waals surface area contributed by atoms with Crippen molar-refractivity contribution in [2.75, 3.05) is 6.61 Å². The van der Waals surface area contributed by atoms with Gasteiger partial charge in [0.25, 0.3) is 12.3 Å². The fourth-order valence-corrected chi connectivity index (χ4v) is 2.22. The van der Waals surface area contributed by atoms with Crippen molar-refractivity contribution in [3.05, 3.63) is 35.1 Å². The zero-order chi connectivity index (χ0) is 16.5. The zero-order valence-electron chi connectivity index (χ0n) is 12.1. The first-order valence-corrected chi connectivity index (χ1v) is 6.72. The minimum absolute atomic E-state index is 0.0995. The summed E-state index contributed by atoms with van der Waals surface area (Å²) in [7, 11) is 0. The minimum Gasteiger partial charge on any atom is -0.272 e. The Kier molecular flexibility index (Phi) is 4.42. The van der Waals surface area contributed by atoms with Gasteiger partial charge >= 0.3 is 0 Å². The van der Waals surface area contributed by atoms with E-state index in [-0.39, 0.29) is 12.2 Å². The monoisotopic (exact) mass is 312 g/mol. The predicted octanol–water partition coefficient (Wildman–Crippen LogP) is 3.19. The normalized spacial score (nSPS) is 18.6. The third-order valence-corrected chi connectivity index (χ3v) is 3.64. The van der Waals surface area contributed by atoms with Gasteiger partial charge in [0.15, 0.2) is 0 Å². The molecule has 0 aliphatic carbocycles. The largest absolute Gasteiger partial charge is 0.272 e. The Labute approximate surface area is 126 Å². The molecule has 0 unspecified atom stereocenters. The van der Waals surface area contributed by atoms with E-state index < -0.39 is 29.6 Å². The lowest BCUT2D eigenvalue weighted by molar-refractivity contribution is -0.194. The number of benzene rings is 1. The first-order chi connectivity index (χ1) is 10.3.